The minimum atomic E-state index is -0.852. The SMILES string of the molecule is CC(C)(C)c1cc(C=N[C@@H]2[C@@H](N=Cc3cc(C(C)(C)C)cc(C(C)(C)C)c3O)[C@@H](OCc3ccccc3)OC3CO[C@@H](c4ccccc4)O[C@H]32)c(O)c(C(C)(C)C)c1. The summed E-state index contributed by atoms with van der Waals surface area (Å²) in [5.74, 6) is 0.379. The fourth-order valence-corrected chi connectivity index (χ4v) is 7.43. The molecule has 310 valence electrons. The van der Waals surface area contributed by atoms with Crippen LogP contribution in [0.1, 0.15) is 134 Å². The predicted octanol–water partition coefficient (Wildman–Crippen LogP) is 10.6. The zero-order valence-corrected chi connectivity index (χ0v) is 36.5. The number of fused-ring (bicyclic) bond motifs is 1. The van der Waals surface area contributed by atoms with Gasteiger partial charge in [-0.2, -0.15) is 0 Å². The van der Waals surface area contributed by atoms with Gasteiger partial charge < -0.3 is 29.2 Å². The van der Waals surface area contributed by atoms with E-state index in [0.717, 1.165) is 33.4 Å². The van der Waals surface area contributed by atoms with E-state index in [1.165, 1.54) is 0 Å². The molecule has 58 heavy (non-hydrogen) atoms. The van der Waals surface area contributed by atoms with Gasteiger partial charge in [0.25, 0.3) is 0 Å². The van der Waals surface area contributed by atoms with E-state index in [0.29, 0.717) is 11.1 Å². The quantitative estimate of drug-likeness (QED) is 0.172. The minimum absolute atomic E-state index is 0.175. The van der Waals surface area contributed by atoms with Crippen molar-refractivity contribution in [2.24, 2.45) is 9.98 Å². The molecule has 2 aliphatic rings. The molecule has 0 radical (unpaired) electrons. The summed E-state index contributed by atoms with van der Waals surface area (Å²) in [6, 6.07) is 26.7. The first-order valence-electron chi connectivity index (χ1n) is 20.6. The zero-order valence-electron chi connectivity index (χ0n) is 36.5. The van der Waals surface area contributed by atoms with Crippen molar-refractivity contribution < 1.29 is 29.2 Å². The first kappa shape index (κ1) is 43.2. The third kappa shape index (κ3) is 9.91. The molecule has 0 aromatic heterocycles. The lowest BCUT2D eigenvalue weighted by Crippen LogP contribution is -2.61. The van der Waals surface area contributed by atoms with Crippen LogP contribution in [-0.4, -0.2) is 59.8 Å². The molecule has 8 nitrogen and oxygen atoms in total. The monoisotopic (exact) mass is 788 g/mol. The van der Waals surface area contributed by atoms with Gasteiger partial charge >= 0.3 is 0 Å². The van der Waals surface area contributed by atoms with Crippen LogP contribution in [0.2, 0.25) is 0 Å². The van der Waals surface area contributed by atoms with Crippen molar-refractivity contribution in [3.05, 3.63) is 129 Å². The standard InChI is InChI=1S/C50H64N2O6/c1-47(2,3)35-23-33(42(53)37(25-35)49(7,8)9)27-51-40-41(52-28-34-24-36(48(4,5)6)26-38(43(34)54)50(10,11)12)46(55-29-31-19-15-13-16-20-31)57-39-30-56-45(58-44(39)40)32-21-17-14-18-22-32/h13-28,39-41,44-46,53-54H,29-30H2,1-12H3/t39?,40-,41-,44-,45-,46+/m1/s1. The highest BCUT2D eigenvalue weighted by Gasteiger charge is 2.50. The van der Waals surface area contributed by atoms with Crippen molar-refractivity contribution in [2.45, 2.75) is 148 Å². The molecule has 2 aliphatic heterocycles. The highest BCUT2D eigenvalue weighted by molar-refractivity contribution is 5.86. The summed E-state index contributed by atoms with van der Waals surface area (Å²) in [6.45, 7) is 26.2. The fraction of sp³-hybridized carbons (Fsp3) is 0.480. The van der Waals surface area contributed by atoms with Gasteiger partial charge in [0.15, 0.2) is 12.6 Å². The first-order valence-corrected chi connectivity index (χ1v) is 20.6. The minimum Gasteiger partial charge on any atom is -0.507 e. The number of hydrogen-bond donors (Lipinski definition) is 2. The summed E-state index contributed by atoms with van der Waals surface area (Å²) >= 11 is 0. The smallest absolute Gasteiger partial charge is 0.184 e. The largest absolute Gasteiger partial charge is 0.507 e. The Morgan fingerprint density at radius 2 is 1.10 bits per heavy atom. The molecule has 4 aromatic rings. The van der Waals surface area contributed by atoms with Crippen LogP contribution in [0.5, 0.6) is 11.5 Å². The maximum absolute atomic E-state index is 11.8. The zero-order chi connectivity index (χ0) is 42.2. The van der Waals surface area contributed by atoms with Crippen LogP contribution in [-0.2, 0) is 47.2 Å². The Morgan fingerprint density at radius 1 is 0.621 bits per heavy atom. The number of ether oxygens (including phenoxy) is 4. The van der Waals surface area contributed by atoms with Crippen molar-refractivity contribution in [3.8, 4) is 11.5 Å². The van der Waals surface area contributed by atoms with Crippen LogP contribution in [0.3, 0.4) is 0 Å². The summed E-state index contributed by atoms with van der Waals surface area (Å²) in [4.78, 5) is 10.5. The molecule has 6 atom stereocenters. The summed E-state index contributed by atoms with van der Waals surface area (Å²) in [5.41, 5.74) is 5.97. The number of nitrogens with zero attached hydrogens (tertiary/aromatic N) is 2. The maximum Gasteiger partial charge on any atom is 0.184 e. The Kier molecular flexibility index (Phi) is 12.5. The topological polar surface area (TPSA) is 102 Å². The number of aliphatic imine (C=N–C) groups is 2. The van der Waals surface area contributed by atoms with Crippen LogP contribution in [0.15, 0.2) is 94.9 Å². The lowest BCUT2D eigenvalue weighted by Gasteiger charge is -2.47. The van der Waals surface area contributed by atoms with E-state index in [-0.39, 0.29) is 46.4 Å². The number of phenolic OH excluding ortho intramolecular Hbond substituents is 2. The highest BCUT2D eigenvalue weighted by atomic mass is 16.7. The van der Waals surface area contributed by atoms with Crippen molar-refractivity contribution >= 4 is 12.4 Å². The molecule has 0 saturated carbocycles. The van der Waals surface area contributed by atoms with E-state index in [9.17, 15) is 10.2 Å². The Balaban J connectivity index is 1.51. The summed E-state index contributed by atoms with van der Waals surface area (Å²) < 4.78 is 26.5. The maximum atomic E-state index is 11.8. The molecular weight excluding hydrogens is 725 g/mol. The second-order valence-corrected chi connectivity index (χ2v) is 20.0. The normalized spacial score (nSPS) is 23.4. The lowest BCUT2D eigenvalue weighted by molar-refractivity contribution is -0.325. The van der Waals surface area contributed by atoms with E-state index in [4.69, 9.17) is 28.9 Å². The Bertz CT molecular complexity index is 2080. The fourth-order valence-electron chi connectivity index (χ4n) is 7.43. The van der Waals surface area contributed by atoms with E-state index in [1.807, 2.05) is 72.8 Å². The van der Waals surface area contributed by atoms with Gasteiger partial charge in [0.05, 0.1) is 13.2 Å². The van der Waals surface area contributed by atoms with Gasteiger partial charge in [-0.15, -0.1) is 0 Å². The van der Waals surface area contributed by atoms with Crippen LogP contribution < -0.4 is 0 Å². The van der Waals surface area contributed by atoms with E-state index < -0.39 is 36.9 Å². The van der Waals surface area contributed by atoms with Gasteiger partial charge in [-0.3, -0.25) is 9.98 Å². The van der Waals surface area contributed by atoms with Crippen molar-refractivity contribution in [1.29, 1.82) is 0 Å². The molecule has 6 rings (SSSR count). The molecule has 0 amide bonds. The average molecular weight is 789 g/mol. The van der Waals surface area contributed by atoms with Crippen molar-refractivity contribution in [1.82, 2.24) is 0 Å². The predicted molar refractivity (Wildman–Crippen MR) is 234 cm³/mol. The van der Waals surface area contributed by atoms with E-state index in [2.05, 4.69) is 95.2 Å². The molecule has 8 heteroatoms. The molecule has 2 heterocycles. The average Bonchev–Trinajstić information content (AvgIpc) is 3.15. The summed E-state index contributed by atoms with van der Waals surface area (Å²) in [6.07, 6.45) is 0.869. The van der Waals surface area contributed by atoms with Crippen molar-refractivity contribution in [2.75, 3.05) is 6.61 Å². The van der Waals surface area contributed by atoms with Crippen LogP contribution in [0.4, 0.5) is 0 Å². The summed E-state index contributed by atoms with van der Waals surface area (Å²) in [5, 5.41) is 23.6. The van der Waals surface area contributed by atoms with Crippen LogP contribution in [0.25, 0.3) is 0 Å². The lowest BCUT2D eigenvalue weighted by atomic mass is 9.79. The highest BCUT2D eigenvalue weighted by Crippen LogP contribution is 2.41. The third-order valence-corrected chi connectivity index (χ3v) is 11.1. The molecular formula is C50H64N2O6. The van der Waals surface area contributed by atoms with Gasteiger partial charge in [-0.05, 0) is 50.5 Å². The Hall–Kier alpha value is -4.34. The molecule has 0 spiro atoms. The van der Waals surface area contributed by atoms with Gasteiger partial charge in [-0.1, -0.05) is 156 Å². The molecule has 0 bridgehead atoms. The molecule has 2 N–H and O–H groups in total. The second kappa shape index (κ2) is 16.7. The number of phenols is 2. The Morgan fingerprint density at radius 3 is 1.59 bits per heavy atom. The van der Waals surface area contributed by atoms with Gasteiger partial charge in [-0.25, -0.2) is 0 Å². The van der Waals surface area contributed by atoms with E-state index in [1.54, 1.807) is 12.4 Å². The van der Waals surface area contributed by atoms with E-state index >= 15 is 0 Å². The van der Waals surface area contributed by atoms with Gasteiger partial charge in [0.2, 0.25) is 0 Å². The summed E-state index contributed by atoms with van der Waals surface area (Å²) in [7, 11) is 0. The van der Waals surface area contributed by atoms with Crippen molar-refractivity contribution in [3.63, 3.8) is 0 Å². The number of hydrogen-bond acceptors (Lipinski definition) is 8. The second-order valence-electron chi connectivity index (χ2n) is 20.0. The molecule has 2 fully saturated rings. The molecule has 2 saturated heterocycles. The van der Waals surface area contributed by atoms with Crippen LogP contribution >= 0.6 is 0 Å². The van der Waals surface area contributed by atoms with Gasteiger partial charge in [0, 0.05) is 40.2 Å². The molecule has 0 aliphatic carbocycles. The van der Waals surface area contributed by atoms with Gasteiger partial charge in [0.1, 0.15) is 35.8 Å². The number of benzene rings is 4. The third-order valence-electron chi connectivity index (χ3n) is 11.1. The first-order chi connectivity index (χ1) is 27.1. The molecule has 1 unspecified atom stereocenters. The number of aromatic hydroxyl groups is 2. The number of rotatable bonds is 8. The van der Waals surface area contributed by atoms with Crippen LogP contribution in [0, 0.1) is 0 Å². The molecule has 4 aromatic carbocycles. The Labute approximate surface area is 346 Å².